The zero-order chi connectivity index (χ0) is 7.44. The van der Waals surface area contributed by atoms with E-state index in [2.05, 4.69) is 0 Å². The van der Waals surface area contributed by atoms with Crippen molar-refractivity contribution in [1.82, 2.24) is 0 Å². The minimum Gasteiger partial charge on any atom is -0.366 e. The molecular weight excluding hydrogens is 118 g/mol. The third-order valence-electron chi connectivity index (χ3n) is 0.914. The van der Waals surface area contributed by atoms with Crippen molar-refractivity contribution in [3.8, 4) is 0 Å². The molecule has 3 heteroatoms. The zero-order valence-corrected chi connectivity index (χ0v) is 5.47. The summed E-state index contributed by atoms with van der Waals surface area (Å²) in [5.41, 5.74) is 5.15. The molecule has 9 heavy (non-hydrogen) atoms. The van der Waals surface area contributed by atoms with Crippen molar-refractivity contribution in [2.24, 2.45) is 5.73 Å². The van der Waals surface area contributed by atoms with Gasteiger partial charge < -0.3 is 5.73 Å². The Morgan fingerprint density at radius 2 is 1.78 bits per heavy atom. The smallest absolute Gasteiger partial charge is 0.241 e. The number of amides is 1. The molecule has 0 heterocycles. The van der Waals surface area contributed by atoms with E-state index in [4.69, 9.17) is 5.73 Å². The van der Waals surface area contributed by atoms with Crippen LogP contribution in [0.4, 0.5) is 0 Å². The number of carbonyl (C=O) groups excluding carboxylic acids is 2. The van der Waals surface area contributed by atoms with Crippen molar-refractivity contribution in [1.29, 1.82) is 0 Å². The number of rotatable bonds is 2. The highest BCUT2D eigenvalue weighted by Crippen LogP contribution is 1.91. The Labute approximate surface area is 53.5 Å². The second-order valence-electron chi connectivity index (χ2n) is 1.79. The molecule has 0 saturated carbocycles. The lowest BCUT2D eigenvalue weighted by Crippen LogP contribution is -2.08. The molecule has 0 saturated heterocycles. The number of allylic oxidation sites excluding steroid dienone is 1. The third-order valence-corrected chi connectivity index (χ3v) is 0.914. The summed E-state index contributed by atoms with van der Waals surface area (Å²) >= 11 is 0. The van der Waals surface area contributed by atoms with E-state index in [1.807, 2.05) is 0 Å². The number of primary amides is 1. The fourth-order valence-electron chi connectivity index (χ4n) is 0.315. The first kappa shape index (κ1) is 7.88. The number of Topliss-reactive ketones (excluding diaryl/α,β-unsaturated/α-hetero) is 1. The van der Waals surface area contributed by atoms with Gasteiger partial charge in [-0.2, -0.15) is 0 Å². The fourth-order valence-corrected chi connectivity index (χ4v) is 0.315. The molecule has 2 N–H and O–H groups in total. The Kier molecular flexibility index (Phi) is 2.64. The first-order valence-corrected chi connectivity index (χ1v) is 2.52. The quantitative estimate of drug-likeness (QED) is 0.531. The minimum absolute atomic E-state index is 0.131. The highest BCUT2D eigenvalue weighted by atomic mass is 16.1. The van der Waals surface area contributed by atoms with E-state index in [0.717, 1.165) is 6.08 Å². The molecule has 0 unspecified atom stereocenters. The average molecular weight is 127 g/mol. The minimum atomic E-state index is -0.581. The van der Waals surface area contributed by atoms with E-state index < -0.39 is 5.91 Å². The van der Waals surface area contributed by atoms with Gasteiger partial charge >= 0.3 is 0 Å². The van der Waals surface area contributed by atoms with Crippen LogP contribution in [0.2, 0.25) is 0 Å². The van der Waals surface area contributed by atoms with E-state index in [9.17, 15) is 9.59 Å². The van der Waals surface area contributed by atoms with E-state index in [0.29, 0.717) is 5.57 Å². The molecule has 0 bridgehead atoms. The van der Waals surface area contributed by atoms with Gasteiger partial charge in [-0.25, -0.2) is 0 Å². The maximum Gasteiger partial charge on any atom is 0.241 e. The predicted molar refractivity (Wildman–Crippen MR) is 33.6 cm³/mol. The molecule has 0 aromatic rings. The Bertz CT molecular complexity index is 170. The molecule has 0 atom stereocenters. The summed E-state index contributed by atoms with van der Waals surface area (Å²) in [6.45, 7) is 2.93. The van der Waals surface area contributed by atoms with Gasteiger partial charge in [-0.1, -0.05) is 0 Å². The summed E-state index contributed by atoms with van der Waals surface area (Å²) in [5, 5.41) is 0. The molecule has 1 amide bonds. The van der Waals surface area contributed by atoms with Crippen molar-refractivity contribution in [2.75, 3.05) is 0 Å². The van der Waals surface area contributed by atoms with Gasteiger partial charge in [0.1, 0.15) is 0 Å². The molecule has 0 aromatic carbocycles. The molecule has 0 fully saturated rings. The van der Waals surface area contributed by atoms with E-state index in [-0.39, 0.29) is 5.78 Å². The Morgan fingerprint density at radius 1 is 1.33 bits per heavy atom. The highest BCUT2D eigenvalue weighted by Gasteiger charge is 1.95. The predicted octanol–water partition coefficient (Wildman–Crippen LogP) is 0.00700. The van der Waals surface area contributed by atoms with Gasteiger partial charge in [-0.05, 0) is 19.4 Å². The number of carbonyl (C=O) groups is 2. The Morgan fingerprint density at radius 3 is 1.89 bits per heavy atom. The SMILES string of the molecule is CC(=O)C(C)=CC(N)=O. The van der Waals surface area contributed by atoms with Crippen LogP contribution in [0.15, 0.2) is 11.6 Å². The van der Waals surface area contributed by atoms with Gasteiger partial charge in [0, 0.05) is 6.08 Å². The van der Waals surface area contributed by atoms with Crippen LogP contribution in [0.1, 0.15) is 13.8 Å². The second-order valence-corrected chi connectivity index (χ2v) is 1.79. The molecular formula is C6H9NO2. The number of nitrogens with two attached hydrogens (primary N) is 1. The highest BCUT2D eigenvalue weighted by molar-refractivity contribution is 5.99. The number of hydrogen-bond donors (Lipinski definition) is 1. The van der Waals surface area contributed by atoms with E-state index in [1.54, 1.807) is 6.92 Å². The van der Waals surface area contributed by atoms with Crippen LogP contribution in [0, 0.1) is 0 Å². The average Bonchev–Trinajstić information content (AvgIpc) is 1.63. The van der Waals surface area contributed by atoms with Gasteiger partial charge in [-0.3, -0.25) is 9.59 Å². The molecule has 0 aliphatic carbocycles. The summed E-state index contributed by atoms with van der Waals surface area (Å²) in [7, 11) is 0. The van der Waals surface area contributed by atoms with Crippen LogP contribution in [0.5, 0.6) is 0 Å². The monoisotopic (exact) mass is 127 g/mol. The van der Waals surface area contributed by atoms with Gasteiger partial charge in [0.05, 0.1) is 0 Å². The molecule has 50 valence electrons. The summed E-state index contributed by atoms with van der Waals surface area (Å²) in [6, 6.07) is 0. The van der Waals surface area contributed by atoms with E-state index in [1.165, 1.54) is 6.92 Å². The summed E-state index contributed by atoms with van der Waals surface area (Å²) in [6.07, 6.45) is 1.11. The number of ketones is 1. The standard InChI is InChI=1S/C6H9NO2/c1-4(5(2)8)3-6(7)9/h3H,1-2H3,(H2,7,9). The largest absolute Gasteiger partial charge is 0.366 e. The lowest BCUT2D eigenvalue weighted by Gasteiger charge is -1.88. The fraction of sp³-hybridized carbons (Fsp3) is 0.333. The molecule has 0 aromatic heterocycles. The normalized spacial score (nSPS) is 11.1. The molecule has 0 radical (unpaired) electrons. The molecule has 0 aliphatic heterocycles. The van der Waals surface area contributed by atoms with Crippen molar-refractivity contribution in [2.45, 2.75) is 13.8 Å². The summed E-state index contributed by atoms with van der Waals surface area (Å²) in [4.78, 5) is 20.5. The lowest BCUT2D eigenvalue weighted by atomic mass is 10.2. The lowest BCUT2D eigenvalue weighted by molar-refractivity contribution is -0.116. The topological polar surface area (TPSA) is 60.2 Å². The van der Waals surface area contributed by atoms with Crippen LogP contribution < -0.4 is 5.73 Å². The first-order valence-electron chi connectivity index (χ1n) is 2.52. The van der Waals surface area contributed by atoms with Gasteiger partial charge in [-0.15, -0.1) is 0 Å². The van der Waals surface area contributed by atoms with Crippen LogP contribution >= 0.6 is 0 Å². The van der Waals surface area contributed by atoms with Crippen LogP contribution in [0.25, 0.3) is 0 Å². The maximum atomic E-state index is 10.4. The van der Waals surface area contributed by atoms with Gasteiger partial charge in [0.15, 0.2) is 5.78 Å². The molecule has 3 nitrogen and oxygen atoms in total. The Hall–Kier alpha value is -1.12. The van der Waals surface area contributed by atoms with Crippen LogP contribution in [-0.2, 0) is 9.59 Å². The van der Waals surface area contributed by atoms with Gasteiger partial charge in [0.25, 0.3) is 0 Å². The van der Waals surface area contributed by atoms with Crippen molar-refractivity contribution in [3.63, 3.8) is 0 Å². The molecule has 0 aliphatic rings. The van der Waals surface area contributed by atoms with Crippen molar-refractivity contribution in [3.05, 3.63) is 11.6 Å². The van der Waals surface area contributed by atoms with E-state index >= 15 is 0 Å². The number of hydrogen-bond acceptors (Lipinski definition) is 2. The molecule has 0 rings (SSSR count). The van der Waals surface area contributed by atoms with Gasteiger partial charge in [0.2, 0.25) is 5.91 Å². The first-order chi connectivity index (χ1) is 4.04. The molecule has 0 spiro atoms. The van der Waals surface area contributed by atoms with Crippen LogP contribution in [-0.4, -0.2) is 11.7 Å². The summed E-state index contributed by atoms with van der Waals surface area (Å²) < 4.78 is 0. The summed E-state index contributed by atoms with van der Waals surface area (Å²) in [5.74, 6) is -0.712. The zero-order valence-electron chi connectivity index (χ0n) is 5.47. The van der Waals surface area contributed by atoms with Crippen molar-refractivity contribution >= 4 is 11.7 Å². The van der Waals surface area contributed by atoms with Crippen LogP contribution in [0.3, 0.4) is 0 Å². The second kappa shape index (κ2) is 3.02. The third kappa shape index (κ3) is 3.46. The maximum absolute atomic E-state index is 10.4. The Balaban J connectivity index is 4.17. The van der Waals surface area contributed by atoms with Crippen molar-refractivity contribution < 1.29 is 9.59 Å².